The molecule has 0 bridgehead atoms. The Bertz CT molecular complexity index is 587. The fraction of sp³-hybridized carbons (Fsp3) is 0.967. The number of carbonyl (C=O) groups excluding carboxylic acids is 1. The van der Waals surface area contributed by atoms with Gasteiger partial charge in [0.15, 0.2) is 0 Å². The molecule has 8 heteroatoms. The highest BCUT2D eigenvalue weighted by Gasteiger charge is 2.39. The Morgan fingerprint density at radius 3 is 2.16 bits per heavy atom. The van der Waals surface area contributed by atoms with Gasteiger partial charge in [0.05, 0.1) is 24.8 Å². The van der Waals surface area contributed by atoms with Gasteiger partial charge in [0, 0.05) is 12.4 Å². The molecule has 1 aliphatic carbocycles. The molecule has 0 aliphatic heterocycles. The first-order chi connectivity index (χ1) is 18.5. The second kappa shape index (κ2) is 23.6. The van der Waals surface area contributed by atoms with Crippen LogP contribution in [0.1, 0.15) is 143 Å². The Hall–Kier alpha value is -0.0700. The summed E-state index contributed by atoms with van der Waals surface area (Å²) >= 11 is 1.06. The van der Waals surface area contributed by atoms with E-state index in [0.717, 1.165) is 37.2 Å². The zero-order valence-electron chi connectivity index (χ0n) is 24.8. The molecule has 1 N–H and O–H groups in total. The lowest BCUT2D eigenvalue weighted by Gasteiger charge is -2.26. The predicted octanol–water partition coefficient (Wildman–Crippen LogP) is 8.70. The molecule has 0 aromatic rings. The molecule has 0 saturated heterocycles. The summed E-state index contributed by atoms with van der Waals surface area (Å²) in [5.74, 6) is 1.13. The van der Waals surface area contributed by atoms with Crippen molar-refractivity contribution in [3.05, 3.63) is 0 Å². The highest BCUT2D eigenvalue weighted by Crippen LogP contribution is 2.35. The van der Waals surface area contributed by atoms with E-state index in [1.165, 1.54) is 103 Å². The zero-order valence-corrected chi connectivity index (χ0v) is 26.7. The van der Waals surface area contributed by atoms with Crippen molar-refractivity contribution in [1.82, 2.24) is 0 Å². The Morgan fingerprint density at radius 2 is 1.53 bits per heavy atom. The van der Waals surface area contributed by atoms with Gasteiger partial charge in [-0.05, 0) is 31.6 Å². The fourth-order valence-corrected chi connectivity index (χ4v) is 6.48. The number of carbonyl (C=O) groups is 1. The van der Waals surface area contributed by atoms with Crippen LogP contribution in [0.15, 0.2) is 0 Å². The molecule has 1 rings (SSSR count). The lowest BCUT2D eigenvalue weighted by molar-refractivity contribution is -0.192. The number of rotatable bonds is 24. The van der Waals surface area contributed by atoms with E-state index >= 15 is 0 Å². The molecular formula is C30H59O6PS. The molecule has 0 spiro atoms. The van der Waals surface area contributed by atoms with Crippen LogP contribution in [0.4, 0.5) is 0 Å². The van der Waals surface area contributed by atoms with Crippen molar-refractivity contribution in [2.45, 2.75) is 154 Å². The quantitative estimate of drug-likeness (QED) is 0.0403. The van der Waals surface area contributed by atoms with Crippen LogP contribution in [0.5, 0.6) is 0 Å². The molecule has 4 atom stereocenters. The molecule has 6 nitrogen and oxygen atoms in total. The molecule has 1 aliphatic rings. The van der Waals surface area contributed by atoms with E-state index in [2.05, 4.69) is 13.8 Å². The van der Waals surface area contributed by atoms with Gasteiger partial charge in [0.25, 0.3) is 0 Å². The molecule has 0 radical (unpaired) electrons. The van der Waals surface area contributed by atoms with Crippen LogP contribution in [0.3, 0.4) is 0 Å². The first-order valence-corrected chi connectivity index (χ1v) is 17.7. The third-order valence-corrected chi connectivity index (χ3v) is 9.24. The summed E-state index contributed by atoms with van der Waals surface area (Å²) in [5.41, 5.74) is -2.38. The molecule has 4 unspecified atom stereocenters. The maximum atomic E-state index is 12.5. The first-order valence-electron chi connectivity index (χ1n) is 15.7. The van der Waals surface area contributed by atoms with Gasteiger partial charge < -0.3 is 23.3 Å². The fourth-order valence-electron chi connectivity index (χ4n) is 5.36. The normalized spacial score (nSPS) is 18.3. The molecule has 226 valence electrons. The molecule has 1 fully saturated rings. The molecule has 0 heterocycles. The number of hydrogen-bond donors (Lipinski definition) is 1. The van der Waals surface area contributed by atoms with Crippen molar-refractivity contribution in [1.29, 1.82) is 0 Å². The van der Waals surface area contributed by atoms with E-state index < -0.39 is 20.0 Å². The lowest BCUT2D eigenvalue weighted by atomic mass is 9.81. The summed E-state index contributed by atoms with van der Waals surface area (Å²) in [4.78, 5) is 12.5. The Kier molecular flexibility index (Phi) is 22.3. The van der Waals surface area contributed by atoms with Crippen LogP contribution in [-0.4, -0.2) is 41.7 Å². The minimum Gasteiger partial charge on any atom is -0.387 e. The average Bonchev–Trinajstić information content (AvgIpc) is 3.21. The maximum Gasteiger partial charge on any atom is 0.386 e. The van der Waals surface area contributed by atoms with Crippen LogP contribution in [0.25, 0.3) is 0 Å². The molecule has 0 aromatic heterocycles. The van der Waals surface area contributed by atoms with Crippen LogP contribution < -0.4 is 0 Å². The predicted molar refractivity (Wildman–Crippen MR) is 161 cm³/mol. The van der Waals surface area contributed by atoms with E-state index in [0.29, 0.717) is 18.3 Å². The summed E-state index contributed by atoms with van der Waals surface area (Å²) in [6, 6.07) is 0. The summed E-state index contributed by atoms with van der Waals surface area (Å²) in [6.45, 7) is 6.90. The van der Waals surface area contributed by atoms with Crippen LogP contribution in [-0.2, 0) is 23.0 Å². The minimum absolute atomic E-state index is 0.0102. The summed E-state index contributed by atoms with van der Waals surface area (Å²) in [7, 11) is -1.90. The number of hydrogen-bond acceptors (Lipinski definition) is 7. The number of aliphatic hydroxyl groups is 1. The van der Waals surface area contributed by atoms with Crippen molar-refractivity contribution in [2.24, 2.45) is 11.8 Å². The third-order valence-electron chi connectivity index (χ3n) is 7.84. The van der Waals surface area contributed by atoms with Gasteiger partial charge >= 0.3 is 11.5 Å². The van der Waals surface area contributed by atoms with Crippen molar-refractivity contribution < 1.29 is 28.1 Å². The van der Waals surface area contributed by atoms with Crippen LogP contribution >= 0.6 is 20.5 Å². The van der Waals surface area contributed by atoms with E-state index in [1.807, 2.05) is 6.92 Å². The highest BCUT2D eigenvalue weighted by atomic mass is 32.2. The Balaban J connectivity index is 2.29. The zero-order chi connectivity index (χ0) is 27.9. The SMILES string of the molecule is CCCCCCCCCCOC(C)COC(O)([PH2]=O)C(=O)OSCCC(CCCCC)C1CCCCCC1. The van der Waals surface area contributed by atoms with Crippen molar-refractivity contribution in [2.75, 3.05) is 19.0 Å². The molecule has 0 amide bonds. The standard InChI is InChI=1S/C30H59O6PS/c1-4-6-8-9-10-11-14-18-23-34-26(3)25-35-30(32,37-33)29(31)36-38-24-22-28(19-15-7-5-2)27-20-16-12-13-17-21-27/h26-28,32H,4-25,37H2,1-3H3. The van der Waals surface area contributed by atoms with Gasteiger partial charge in [-0.2, -0.15) is 0 Å². The lowest BCUT2D eigenvalue weighted by Crippen LogP contribution is -2.38. The number of unbranched alkanes of at least 4 members (excludes halogenated alkanes) is 9. The van der Waals surface area contributed by atoms with Crippen LogP contribution in [0, 0.1) is 11.8 Å². The molecule has 1 saturated carbocycles. The number of ether oxygens (including phenoxy) is 2. The van der Waals surface area contributed by atoms with Gasteiger partial charge in [0.2, 0.25) is 0 Å². The van der Waals surface area contributed by atoms with Crippen LogP contribution in [0.2, 0.25) is 0 Å². The van der Waals surface area contributed by atoms with Crippen molar-refractivity contribution in [3.63, 3.8) is 0 Å². The molecule has 38 heavy (non-hydrogen) atoms. The van der Waals surface area contributed by atoms with E-state index in [4.69, 9.17) is 13.7 Å². The smallest absolute Gasteiger partial charge is 0.386 e. The average molecular weight is 579 g/mol. The van der Waals surface area contributed by atoms with Crippen molar-refractivity contribution >= 4 is 26.5 Å². The summed E-state index contributed by atoms with van der Waals surface area (Å²) in [5, 5.41) is 10.5. The topological polar surface area (TPSA) is 82.1 Å². The highest BCUT2D eigenvalue weighted by molar-refractivity contribution is 7.95. The second-order valence-electron chi connectivity index (χ2n) is 11.3. The second-order valence-corrected chi connectivity index (χ2v) is 13.1. The molecular weight excluding hydrogens is 519 g/mol. The third kappa shape index (κ3) is 16.9. The van der Waals surface area contributed by atoms with Gasteiger partial charge in [0.1, 0.15) is 8.46 Å². The minimum atomic E-state index is -2.38. The van der Waals surface area contributed by atoms with Gasteiger partial charge in [-0.15, -0.1) is 0 Å². The largest absolute Gasteiger partial charge is 0.387 e. The Morgan fingerprint density at radius 1 is 0.921 bits per heavy atom. The van der Waals surface area contributed by atoms with Gasteiger partial charge in [-0.1, -0.05) is 123 Å². The summed E-state index contributed by atoms with van der Waals surface area (Å²) < 4.78 is 28.1. The first kappa shape index (κ1) is 36.0. The Labute approximate surface area is 239 Å². The monoisotopic (exact) mass is 578 g/mol. The van der Waals surface area contributed by atoms with E-state index in [9.17, 15) is 14.5 Å². The maximum absolute atomic E-state index is 12.5. The van der Waals surface area contributed by atoms with Crippen molar-refractivity contribution in [3.8, 4) is 0 Å². The molecule has 0 aromatic carbocycles. The van der Waals surface area contributed by atoms with E-state index in [1.54, 1.807) is 0 Å². The van der Waals surface area contributed by atoms with Gasteiger partial charge in [-0.25, -0.2) is 4.79 Å². The summed E-state index contributed by atoms with van der Waals surface area (Å²) in [6.07, 6.45) is 23.5. The van der Waals surface area contributed by atoms with E-state index in [-0.39, 0.29) is 12.7 Å². The van der Waals surface area contributed by atoms with Gasteiger partial charge in [-0.3, -0.25) is 0 Å².